The highest BCUT2D eigenvalue weighted by Gasteiger charge is 2.21. The summed E-state index contributed by atoms with van der Waals surface area (Å²) in [5, 5.41) is 8.81. The Balaban J connectivity index is 2.27. The van der Waals surface area contributed by atoms with Crippen molar-refractivity contribution in [3.8, 4) is 0 Å². The highest BCUT2D eigenvalue weighted by Crippen LogP contribution is 2.07. The first-order chi connectivity index (χ1) is 7.67. The van der Waals surface area contributed by atoms with Crippen LogP contribution in [0.1, 0.15) is 13.3 Å². The number of aliphatic hydroxyl groups is 1. The SMILES string of the molecule is CC(CN)CC(=O)N1CCN(CCO)CC1. The zero-order valence-electron chi connectivity index (χ0n) is 10.1. The maximum Gasteiger partial charge on any atom is 0.222 e. The molecule has 5 nitrogen and oxygen atoms in total. The number of piperazine rings is 1. The van der Waals surface area contributed by atoms with Gasteiger partial charge in [0, 0.05) is 39.1 Å². The molecule has 1 atom stereocenters. The number of carbonyl (C=O) groups is 1. The van der Waals surface area contributed by atoms with E-state index in [0.717, 1.165) is 26.2 Å². The van der Waals surface area contributed by atoms with Gasteiger partial charge >= 0.3 is 0 Å². The van der Waals surface area contributed by atoms with Crippen LogP contribution in [0.5, 0.6) is 0 Å². The van der Waals surface area contributed by atoms with Crippen LogP contribution in [0.15, 0.2) is 0 Å². The number of rotatable bonds is 5. The van der Waals surface area contributed by atoms with Gasteiger partial charge in [-0.3, -0.25) is 9.69 Å². The zero-order valence-corrected chi connectivity index (χ0v) is 10.1. The minimum absolute atomic E-state index is 0.193. The van der Waals surface area contributed by atoms with Crippen molar-refractivity contribution in [2.45, 2.75) is 13.3 Å². The summed E-state index contributed by atoms with van der Waals surface area (Å²) in [5.74, 6) is 0.476. The summed E-state index contributed by atoms with van der Waals surface area (Å²) in [6.07, 6.45) is 0.552. The van der Waals surface area contributed by atoms with Gasteiger partial charge in [-0.25, -0.2) is 0 Å². The summed E-state index contributed by atoms with van der Waals surface area (Å²) < 4.78 is 0. The van der Waals surface area contributed by atoms with Crippen molar-refractivity contribution in [2.75, 3.05) is 45.9 Å². The summed E-state index contributed by atoms with van der Waals surface area (Å²) in [6.45, 7) is 6.74. The summed E-state index contributed by atoms with van der Waals surface area (Å²) in [7, 11) is 0. The number of β-amino-alcohol motifs (C(OH)–C–C–N with tert-alkyl or cyclic N) is 1. The highest BCUT2D eigenvalue weighted by atomic mass is 16.3. The predicted octanol–water partition coefficient (Wildman–Crippen LogP) is -0.892. The predicted molar refractivity (Wildman–Crippen MR) is 62.9 cm³/mol. The van der Waals surface area contributed by atoms with Crippen LogP contribution >= 0.6 is 0 Å². The standard InChI is InChI=1S/C11H23N3O2/c1-10(9-12)8-11(16)14-4-2-13(3-5-14)6-7-15/h10,15H,2-9,12H2,1H3. The molecule has 1 aliphatic heterocycles. The largest absolute Gasteiger partial charge is 0.395 e. The molecule has 1 rings (SSSR count). The van der Waals surface area contributed by atoms with Crippen LogP contribution in [0.3, 0.4) is 0 Å². The first-order valence-electron chi connectivity index (χ1n) is 5.98. The summed E-state index contributed by atoms with van der Waals surface area (Å²) >= 11 is 0. The summed E-state index contributed by atoms with van der Waals surface area (Å²) in [6, 6.07) is 0. The number of hydrogen-bond donors (Lipinski definition) is 2. The van der Waals surface area contributed by atoms with Gasteiger partial charge < -0.3 is 15.7 Å². The quantitative estimate of drug-likeness (QED) is 0.641. The molecule has 1 saturated heterocycles. The number of amides is 1. The smallest absolute Gasteiger partial charge is 0.222 e. The number of hydrogen-bond acceptors (Lipinski definition) is 4. The second-order valence-corrected chi connectivity index (χ2v) is 4.49. The molecule has 1 aliphatic rings. The molecule has 94 valence electrons. The normalized spacial score (nSPS) is 19.8. The third-order valence-electron chi connectivity index (χ3n) is 3.07. The van der Waals surface area contributed by atoms with E-state index in [4.69, 9.17) is 10.8 Å². The minimum Gasteiger partial charge on any atom is -0.395 e. The van der Waals surface area contributed by atoms with Crippen molar-refractivity contribution in [1.29, 1.82) is 0 Å². The molecule has 0 radical (unpaired) electrons. The zero-order chi connectivity index (χ0) is 12.0. The van der Waals surface area contributed by atoms with Gasteiger partial charge in [0.2, 0.25) is 5.91 Å². The summed E-state index contributed by atoms with van der Waals surface area (Å²) in [5.41, 5.74) is 5.50. The van der Waals surface area contributed by atoms with E-state index in [1.54, 1.807) is 0 Å². The Labute approximate surface area is 97.2 Å². The molecule has 1 unspecified atom stereocenters. The van der Waals surface area contributed by atoms with E-state index < -0.39 is 0 Å². The molecule has 0 aromatic rings. The van der Waals surface area contributed by atoms with Gasteiger partial charge in [-0.15, -0.1) is 0 Å². The molecule has 1 heterocycles. The lowest BCUT2D eigenvalue weighted by molar-refractivity contribution is -0.133. The van der Waals surface area contributed by atoms with Crippen molar-refractivity contribution >= 4 is 5.91 Å². The van der Waals surface area contributed by atoms with Crippen LogP contribution in [0.25, 0.3) is 0 Å². The maximum atomic E-state index is 11.8. The molecule has 3 N–H and O–H groups in total. The molecule has 16 heavy (non-hydrogen) atoms. The van der Waals surface area contributed by atoms with E-state index in [-0.39, 0.29) is 18.4 Å². The Morgan fingerprint density at radius 2 is 2.00 bits per heavy atom. The van der Waals surface area contributed by atoms with Gasteiger partial charge in [0.25, 0.3) is 0 Å². The van der Waals surface area contributed by atoms with Crippen molar-refractivity contribution in [1.82, 2.24) is 9.80 Å². The second kappa shape index (κ2) is 6.83. The van der Waals surface area contributed by atoms with E-state index in [1.165, 1.54) is 0 Å². The first-order valence-corrected chi connectivity index (χ1v) is 5.98. The molecule has 0 aromatic carbocycles. The summed E-state index contributed by atoms with van der Waals surface area (Å²) in [4.78, 5) is 15.9. The van der Waals surface area contributed by atoms with Crippen molar-refractivity contribution in [2.24, 2.45) is 11.7 Å². The molecular weight excluding hydrogens is 206 g/mol. The number of nitrogens with two attached hydrogens (primary N) is 1. The Hall–Kier alpha value is -0.650. The van der Waals surface area contributed by atoms with Crippen LogP contribution in [0.4, 0.5) is 0 Å². The average molecular weight is 229 g/mol. The third kappa shape index (κ3) is 4.08. The van der Waals surface area contributed by atoms with Crippen molar-refractivity contribution in [3.63, 3.8) is 0 Å². The monoisotopic (exact) mass is 229 g/mol. The number of aliphatic hydroxyl groups excluding tert-OH is 1. The third-order valence-corrected chi connectivity index (χ3v) is 3.07. The van der Waals surface area contributed by atoms with Gasteiger partial charge in [0.15, 0.2) is 0 Å². The van der Waals surface area contributed by atoms with E-state index in [0.29, 0.717) is 19.5 Å². The van der Waals surface area contributed by atoms with Crippen molar-refractivity contribution < 1.29 is 9.90 Å². The van der Waals surface area contributed by atoms with Gasteiger partial charge in [0.1, 0.15) is 0 Å². The lowest BCUT2D eigenvalue weighted by Gasteiger charge is -2.34. The topological polar surface area (TPSA) is 69.8 Å². The van der Waals surface area contributed by atoms with E-state index in [2.05, 4.69) is 4.90 Å². The molecule has 1 fully saturated rings. The van der Waals surface area contributed by atoms with Gasteiger partial charge in [-0.2, -0.15) is 0 Å². The molecule has 0 saturated carbocycles. The highest BCUT2D eigenvalue weighted by molar-refractivity contribution is 5.76. The number of carbonyl (C=O) groups excluding carboxylic acids is 1. The molecular formula is C11H23N3O2. The lowest BCUT2D eigenvalue weighted by Crippen LogP contribution is -2.49. The van der Waals surface area contributed by atoms with Crippen LogP contribution in [-0.4, -0.2) is 66.7 Å². The maximum absolute atomic E-state index is 11.8. The Kier molecular flexibility index (Phi) is 5.73. The number of nitrogens with zero attached hydrogens (tertiary/aromatic N) is 2. The average Bonchev–Trinajstić information content (AvgIpc) is 2.30. The second-order valence-electron chi connectivity index (χ2n) is 4.49. The van der Waals surface area contributed by atoms with E-state index >= 15 is 0 Å². The Morgan fingerprint density at radius 1 is 1.38 bits per heavy atom. The molecule has 0 aliphatic carbocycles. The molecule has 0 aromatic heterocycles. The Morgan fingerprint density at radius 3 is 2.50 bits per heavy atom. The fourth-order valence-corrected chi connectivity index (χ4v) is 1.87. The van der Waals surface area contributed by atoms with Crippen LogP contribution < -0.4 is 5.73 Å². The molecule has 0 spiro atoms. The van der Waals surface area contributed by atoms with E-state index in [9.17, 15) is 4.79 Å². The van der Waals surface area contributed by atoms with Crippen molar-refractivity contribution in [3.05, 3.63) is 0 Å². The fourth-order valence-electron chi connectivity index (χ4n) is 1.87. The first kappa shape index (κ1) is 13.4. The molecule has 5 heteroatoms. The molecule has 0 bridgehead atoms. The van der Waals surface area contributed by atoms with Gasteiger partial charge in [-0.1, -0.05) is 6.92 Å². The van der Waals surface area contributed by atoms with Gasteiger partial charge in [0.05, 0.1) is 6.61 Å². The van der Waals surface area contributed by atoms with Crippen LogP contribution in [0.2, 0.25) is 0 Å². The minimum atomic E-state index is 0.193. The lowest BCUT2D eigenvalue weighted by atomic mass is 10.1. The molecule has 1 amide bonds. The van der Waals surface area contributed by atoms with Crippen LogP contribution in [-0.2, 0) is 4.79 Å². The fraction of sp³-hybridized carbons (Fsp3) is 0.909. The van der Waals surface area contributed by atoms with Gasteiger partial charge in [-0.05, 0) is 12.5 Å². The van der Waals surface area contributed by atoms with Crippen LogP contribution in [0, 0.1) is 5.92 Å². The van der Waals surface area contributed by atoms with E-state index in [1.807, 2.05) is 11.8 Å². The Bertz CT molecular complexity index is 215.